The maximum atomic E-state index is 5.73. The maximum absolute atomic E-state index is 5.73. The van der Waals surface area contributed by atoms with Gasteiger partial charge in [-0.05, 0) is 144 Å². The zero-order valence-corrected chi connectivity index (χ0v) is 39.7. The topological polar surface area (TPSA) is 51.6 Å². The van der Waals surface area contributed by atoms with Crippen LogP contribution in [0.1, 0.15) is 11.1 Å². The van der Waals surface area contributed by atoms with Crippen LogP contribution in [0.5, 0.6) is 0 Å². The minimum Gasteiger partial charge on any atom is -0.256 e. The van der Waals surface area contributed by atoms with Crippen molar-refractivity contribution in [1.29, 1.82) is 0 Å². The van der Waals surface area contributed by atoms with E-state index in [0.717, 1.165) is 105 Å². The summed E-state index contributed by atoms with van der Waals surface area (Å²) < 4.78 is 0. The summed E-state index contributed by atoms with van der Waals surface area (Å²) in [5.74, 6) is 0.665. The molecule has 0 aliphatic heterocycles. The monoisotopic (exact) mass is 916 g/mol. The van der Waals surface area contributed by atoms with Crippen molar-refractivity contribution in [2.45, 2.75) is 13.8 Å². The number of benzene rings is 11. The first kappa shape index (κ1) is 41.6. The maximum Gasteiger partial charge on any atom is 0.160 e. The van der Waals surface area contributed by atoms with E-state index < -0.39 is 0 Å². The molecular weight excluding hydrogens is 873 g/mol. The highest BCUT2D eigenvalue weighted by Crippen LogP contribution is 2.45. The molecule has 0 saturated heterocycles. The Morgan fingerprint density at radius 3 is 1.35 bits per heavy atom. The van der Waals surface area contributed by atoms with Crippen molar-refractivity contribution in [3.63, 3.8) is 0 Å². The van der Waals surface area contributed by atoms with E-state index in [-0.39, 0.29) is 0 Å². The van der Waals surface area contributed by atoms with E-state index in [4.69, 9.17) is 19.9 Å². The molecule has 72 heavy (non-hydrogen) atoms. The minimum atomic E-state index is 0.665. The Labute approximate surface area is 416 Å². The summed E-state index contributed by atoms with van der Waals surface area (Å²) in [5.41, 5.74) is 16.9. The molecule has 14 aromatic rings. The van der Waals surface area contributed by atoms with Crippen LogP contribution in [-0.2, 0) is 0 Å². The molecule has 336 valence electrons. The van der Waals surface area contributed by atoms with E-state index in [1.165, 1.54) is 43.1 Å². The summed E-state index contributed by atoms with van der Waals surface area (Å²) in [6, 6.07) is 79.0. The average molecular weight is 917 g/mol. The van der Waals surface area contributed by atoms with Gasteiger partial charge in [-0.15, -0.1) is 0 Å². The fourth-order valence-corrected chi connectivity index (χ4v) is 11.4. The molecule has 0 radical (unpaired) electrons. The van der Waals surface area contributed by atoms with Crippen molar-refractivity contribution >= 4 is 75.8 Å². The molecule has 0 amide bonds. The Kier molecular flexibility index (Phi) is 9.62. The van der Waals surface area contributed by atoms with Crippen LogP contribution < -0.4 is 0 Å². The van der Waals surface area contributed by atoms with Gasteiger partial charge >= 0.3 is 0 Å². The summed E-state index contributed by atoms with van der Waals surface area (Å²) in [6.45, 7) is 4.38. The fraction of sp³-hybridized carbons (Fsp3) is 0.0294. The molecule has 11 aromatic carbocycles. The fourth-order valence-electron chi connectivity index (χ4n) is 11.4. The standard InChI is InChI=1S/C68H44N4/c1-41-35-47(29-31-50(41)58-27-11-17-43-19-13-33-69-64(43)58)66-63-40-49(60-37-45-15-3-5-21-52(45)54-23-7-9-25-56(54)60)39-62(61-38-46-16-4-6-22-53(46)55-24-8-10-26-57(55)61)67(63)72-68(71-66)48-30-32-51(42(2)36-48)59-28-12-18-44-20-14-34-70-65(44)59/h3-40H,1-2H3. The van der Waals surface area contributed by atoms with Crippen LogP contribution >= 0.6 is 0 Å². The van der Waals surface area contributed by atoms with Gasteiger partial charge in [0.2, 0.25) is 0 Å². The molecule has 0 aliphatic rings. The number of nitrogens with zero attached hydrogens (tertiary/aromatic N) is 4. The SMILES string of the molecule is Cc1cc(-c2nc(-c3ccc(-c4cccc5cccnc45)c(C)c3)c3cc(-c4cc5ccccc5c5ccccc45)cc(-c4cc5ccccc5c5ccccc45)c3n2)ccc1-c1cccc2cccnc12. The third-order valence-corrected chi connectivity index (χ3v) is 14.8. The largest absolute Gasteiger partial charge is 0.256 e. The number of hydrogen-bond donors (Lipinski definition) is 0. The number of hydrogen-bond acceptors (Lipinski definition) is 4. The van der Waals surface area contributed by atoms with Gasteiger partial charge in [0.05, 0.1) is 22.2 Å². The van der Waals surface area contributed by atoms with Crippen molar-refractivity contribution < 1.29 is 0 Å². The number of aryl methyl sites for hydroxylation is 2. The molecule has 3 heterocycles. The first-order valence-electron chi connectivity index (χ1n) is 24.6. The third kappa shape index (κ3) is 6.75. The lowest BCUT2D eigenvalue weighted by atomic mass is 9.87. The molecule has 0 unspecified atom stereocenters. The van der Waals surface area contributed by atoms with Gasteiger partial charge in [0.1, 0.15) is 0 Å². The van der Waals surface area contributed by atoms with Crippen LogP contribution in [0.2, 0.25) is 0 Å². The van der Waals surface area contributed by atoms with Crippen LogP contribution in [0, 0.1) is 13.8 Å². The summed E-state index contributed by atoms with van der Waals surface area (Å²) in [4.78, 5) is 21.1. The van der Waals surface area contributed by atoms with Crippen LogP contribution in [0.4, 0.5) is 0 Å². The van der Waals surface area contributed by atoms with Crippen molar-refractivity contribution in [3.05, 3.63) is 242 Å². The van der Waals surface area contributed by atoms with Gasteiger partial charge in [-0.2, -0.15) is 0 Å². The molecule has 4 heteroatoms. The molecule has 4 nitrogen and oxygen atoms in total. The molecule has 3 aromatic heterocycles. The Morgan fingerprint density at radius 2 is 0.750 bits per heavy atom. The van der Waals surface area contributed by atoms with E-state index >= 15 is 0 Å². The average Bonchev–Trinajstić information content (AvgIpc) is 3.44. The van der Waals surface area contributed by atoms with Gasteiger partial charge < -0.3 is 0 Å². The summed E-state index contributed by atoms with van der Waals surface area (Å²) in [5, 5.41) is 12.9. The van der Waals surface area contributed by atoms with Gasteiger partial charge in [0.15, 0.2) is 5.82 Å². The van der Waals surface area contributed by atoms with Crippen LogP contribution in [-0.4, -0.2) is 19.9 Å². The zero-order chi connectivity index (χ0) is 47.9. The molecule has 0 spiro atoms. The highest BCUT2D eigenvalue weighted by atomic mass is 14.9. The molecule has 0 saturated carbocycles. The number of fused-ring (bicyclic) bond motifs is 9. The van der Waals surface area contributed by atoms with Gasteiger partial charge in [0.25, 0.3) is 0 Å². The second-order valence-electron chi connectivity index (χ2n) is 19.0. The third-order valence-electron chi connectivity index (χ3n) is 14.8. The van der Waals surface area contributed by atoms with E-state index in [9.17, 15) is 0 Å². The van der Waals surface area contributed by atoms with Crippen molar-refractivity contribution in [2.75, 3.05) is 0 Å². The predicted molar refractivity (Wildman–Crippen MR) is 302 cm³/mol. The van der Waals surface area contributed by atoms with Gasteiger partial charge in [-0.25, -0.2) is 9.97 Å². The lowest BCUT2D eigenvalue weighted by Gasteiger charge is -2.19. The zero-order valence-electron chi connectivity index (χ0n) is 39.7. The lowest BCUT2D eigenvalue weighted by molar-refractivity contribution is 1.22. The molecule has 14 rings (SSSR count). The molecule has 0 bridgehead atoms. The second-order valence-corrected chi connectivity index (χ2v) is 19.0. The van der Waals surface area contributed by atoms with E-state index in [2.05, 4.69) is 220 Å². The molecule has 0 N–H and O–H groups in total. The van der Waals surface area contributed by atoms with E-state index in [1.54, 1.807) is 0 Å². The molecular formula is C68H44N4. The van der Waals surface area contributed by atoms with E-state index in [0.29, 0.717) is 5.82 Å². The Morgan fingerprint density at radius 1 is 0.264 bits per heavy atom. The number of rotatable bonds is 6. The highest BCUT2D eigenvalue weighted by molar-refractivity contribution is 6.19. The van der Waals surface area contributed by atoms with Crippen LogP contribution in [0.3, 0.4) is 0 Å². The van der Waals surface area contributed by atoms with E-state index in [1.807, 2.05) is 24.5 Å². The van der Waals surface area contributed by atoms with Crippen molar-refractivity contribution in [3.8, 4) is 67.2 Å². The molecule has 0 aliphatic carbocycles. The minimum absolute atomic E-state index is 0.665. The Hall–Kier alpha value is -9.38. The van der Waals surface area contributed by atoms with Gasteiger partial charge in [0, 0.05) is 56.4 Å². The Balaban J connectivity index is 1.08. The molecule has 0 atom stereocenters. The van der Waals surface area contributed by atoms with Crippen molar-refractivity contribution in [2.24, 2.45) is 0 Å². The first-order chi connectivity index (χ1) is 35.5. The smallest absolute Gasteiger partial charge is 0.160 e. The summed E-state index contributed by atoms with van der Waals surface area (Å²) in [7, 11) is 0. The highest BCUT2D eigenvalue weighted by Gasteiger charge is 2.22. The second kappa shape index (κ2) is 16.6. The van der Waals surface area contributed by atoms with Gasteiger partial charge in [-0.1, -0.05) is 170 Å². The van der Waals surface area contributed by atoms with Crippen molar-refractivity contribution in [1.82, 2.24) is 19.9 Å². The van der Waals surface area contributed by atoms with Crippen LogP contribution in [0.15, 0.2) is 231 Å². The predicted octanol–water partition coefficient (Wildman–Crippen LogP) is 18.0. The number of para-hydroxylation sites is 2. The van der Waals surface area contributed by atoms with Gasteiger partial charge in [-0.3, -0.25) is 9.97 Å². The normalized spacial score (nSPS) is 11.8. The first-order valence-corrected chi connectivity index (χ1v) is 24.6. The quantitative estimate of drug-likeness (QED) is 0.156. The summed E-state index contributed by atoms with van der Waals surface area (Å²) >= 11 is 0. The Bertz CT molecular complexity index is 4540. The molecule has 0 fully saturated rings. The van der Waals surface area contributed by atoms with Crippen LogP contribution in [0.25, 0.3) is 143 Å². The summed E-state index contributed by atoms with van der Waals surface area (Å²) in [6.07, 6.45) is 3.75. The number of pyridine rings is 2. The lowest BCUT2D eigenvalue weighted by Crippen LogP contribution is -1.99. The number of aromatic nitrogens is 4.